The molecule has 2 heterocycles. The third-order valence-electron chi connectivity index (χ3n) is 5.92. The number of aromatic nitrogens is 2. The Morgan fingerprint density at radius 3 is 2.38 bits per heavy atom. The SMILES string of the molecule is O=C(O)[C@H](Cc1ccccc1)N1[C@@H](S)N/C(=C/c2cn(-c3ccccc3)nc2-c2ccc(Br)cc2)S1=O. The molecule has 37 heavy (non-hydrogen) atoms. The van der Waals surface area contributed by atoms with Gasteiger partial charge >= 0.3 is 5.97 Å². The highest BCUT2D eigenvalue weighted by atomic mass is 79.9. The minimum Gasteiger partial charge on any atom is -0.480 e. The molecule has 3 atom stereocenters. The molecule has 0 amide bonds. The van der Waals surface area contributed by atoms with Crippen LogP contribution in [0.1, 0.15) is 11.1 Å². The fourth-order valence-electron chi connectivity index (χ4n) is 4.13. The third kappa shape index (κ3) is 5.57. The molecule has 1 saturated heterocycles. The van der Waals surface area contributed by atoms with E-state index in [1.807, 2.05) is 91.1 Å². The number of carboxylic acids is 1. The summed E-state index contributed by atoms with van der Waals surface area (Å²) in [6.07, 6.45) is 3.82. The predicted molar refractivity (Wildman–Crippen MR) is 152 cm³/mol. The quantitative estimate of drug-likeness (QED) is 0.260. The van der Waals surface area contributed by atoms with Crippen LogP contribution in [-0.4, -0.2) is 40.9 Å². The number of hydrogen-bond acceptors (Lipinski definition) is 5. The number of halogens is 1. The van der Waals surface area contributed by atoms with Crippen molar-refractivity contribution in [1.29, 1.82) is 0 Å². The summed E-state index contributed by atoms with van der Waals surface area (Å²) >= 11 is 8.00. The lowest BCUT2D eigenvalue weighted by Crippen LogP contribution is -2.45. The zero-order chi connectivity index (χ0) is 25.9. The Kier molecular flexibility index (Phi) is 7.61. The fraction of sp³-hybridized carbons (Fsp3) is 0.111. The van der Waals surface area contributed by atoms with E-state index in [-0.39, 0.29) is 6.42 Å². The minimum atomic E-state index is -1.78. The highest BCUT2D eigenvalue weighted by molar-refractivity contribution is 9.10. The Hall–Kier alpha value is -3.18. The average Bonchev–Trinajstić information content (AvgIpc) is 3.44. The van der Waals surface area contributed by atoms with Crippen molar-refractivity contribution >= 4 is 51.6 Å². The highest BCUT2D eigenvalue weighted by Crippen LogP contribution is 2.31. The van der Waals surface area contributed by atoms with Gasteiger partial charge in [-0.3, -0.25) is 4.79 Å². The summed E-state index contributed by atoms with van der Waals surface area (Å²) in [5.74, 6) is -1.06. The molecule has 188 valence electrons. The number of para-hydroxylation sites is 1. The Balaban J connectivity index is 1.52. The molecule has 1 fully saturated rings. The van der Waals surface area contributed by atoms with Gasteiger partial charge in [-0.15, -0.1) is 12.6 Å². The molecule has 1 aromatic heterocycles. The summed E-state index contributed by atoms with van der Waals surface area (Å²) in [5, 5.41) is 18.3. The number of thiol groups is 1. The van der Waals surface area contributed by atoms with Crippen LogP contribution >= 0.6 is 28.6 Å². The van der Waals surface area contributed by atoms with Crippen LogP contribution in [0.25, 0.3) is 23.0 Å². The van der Waals surface area contributed by atoms with E-state index in [9.17, 15) is 14.1 Å². The lowest BCUT2D eigenvalue weighted by Gasteiger charge is -2.24. The third-order valence-corrected chi connectivity index (χ3v) is 8.45. The second kappa shape index (κ2) is 11.1. The van der Waals surface area contributed by atoms with Gasteiger partial charge in [-0.1, -0.05) is 76.6 Å². The van der Waals surface area contributed by atoms with Gasteiger partial charge < -0.3 is 10.4 Å². The first kappa shape index (κ1) is 25.5. The molecule has 5 rings (SSSR count). The first-order valence-electron chi connectivity index (χ1n) is 11.4. The van der Waals surface area contributed by atoms with Gasteiger partial charge in [0, 0.05) is 21.8 Å². The summed E-state index contributed by atoms with van der Waals surface area (Å²) in [6.45, 7) is 0. The van der Waals surface area contributed by atoms with Gasteiger partial charge in [-0.05, 0) is 42.3 Å². The van der Waals surface area contributed by atoms with Crippen molar-refractivity contribution in [3.05, 3.63) is 112 Å². The molecule has 0 saturated carbocycles. The number of aliphatic carboxylic acids is 1. The van der Waals surface area contributed by atoms with Gasteiger partial charge in [-0.25, -0.2) is 8.89 Å². The summed E-state index contributed by atoms with van der Waals surface area (Å²) in [5.41, 5.74) is 3.31. The Morgan fingerprint density at radius 1 is 1.08 bits per heavy atom. The molecular weight excluding hydrogens is 572 g/mol. The second-order valence-electron chi connectivity index (χ2n) is 8.40. The van der Waals surface area contributed by atoms with E-state index in [1.54, 1.807) is 10.8 Å². The summed E-state index contributed by atoms with van der Waals surface area (Å²) < 4.78 is 17.7. The van der Waals surface area contributed by atoms with Gasteiger partial charge in [0.1, 0.15) is 33.2 Å². The summed E-state index contributed by atoms with van der Waals surface area (Å²) in [6, 6.07) is 25.8. The van der Waals surface area contributed by atoms with Crippen LogP contribution in [0.4, 0.5) is 0 Å². The van der Waals surface area contributed by atoms with Gasteiger partial charge in [0.25, 0.3) is 0 Å². The number of benzene rings is 3. The monoisotopic (exact) mass is 594 g/mol. The van der Waals surface area contributed by atoms with Crippen molar-refractivity contribution in [2.24, 2.45) is 0 Å². The van der Waals surface area contributed by atoms with E-state index in [1.165, 1.54) is 4.31 Å². The van der Waals surface area contributed by atoms with Crippen molar-refractivity contribution in [3.8, 4) is 16.9 Å². The molecule has 4 aromatic rings. The van der Waals surface area contributed by atoms with Crippen LogP contribution < -0.4 is 5.32 Å². The maximum atomic E-state index is 13.6. The molecule has 3 aromatic carbocycles. The molecule has 0 bridgehead atoms. The highest BCUT2D eigenvalue weighted by Gasteiger charge is 2.41. The van der Waals surface area contributed by atoms with E-state index in [4.69, 9.17) is 5.10 Å². The lowest BCUT2D eigenvalue weighted by molar-refractivity contribution is -0.141. The first-order valence-corrected chi connectivity index (χ1v) is 13.9. The average molecular weight is 596 g/mol. The molecule has 7 nitrogen and oxygen atoms in total. The minimum absolute atomic E-state index is 0.198. The Morgan fingerprint density at radius 2 is 1.73 bits per heavy atom. The van der Waals surface area contributed by atoms with Crippen LogP contribution in [0, 0.1) is 0 Å². The van der Waals surface area contributed by atoms with E-state index >= 15 is 0 Å². The van der Waals surface area contributed by atoms with Crippen molar-refractivity contribution in [3.63, 3.8) is 0 Å². The van der Waals surface area contributed by atoms with Crippen LogP contribution in [-0.2, 0) is 22.2 Å². The van der Waals surface area contributed by atoms with E-state index in [0.29, 0.717) is 10.7 Å². The van der Waals surface area contributed by atoms with Crippen molar-refractivity contribution in [2.75, 3.05) is 0 Å². The molecule has 2 N–H and O–H groups in total. The Bertz CT molecular complexity index is 1460. The number of nitrogens with one attached hydrogen (secondary N) is 1. The topological polar surface area (TPSA) is 87.5 Å². The molecule has 0 spiro atoms. The smallest absolute Gasteiger partial charge is 0.322 e. The van der Waals surface area contributed by atoms with Crippen LogP contribution in [0.5, 0.6) is 0 Å². The van der Waals surface area contributed by atoms with E-state index < -0.39 is 28.5 Å². The molecule has 0 radical (unpaired) electrons. The molecule has 0 aliphatic carbocycles. The van der Waals surface area contributed by atoms with Crippen molar-refractivity contribution in [1.82, 2.24) is 19.4 Å². The predicted octanol–water partition coefficient (Wildman–Crippen LogP) is 5.08. The van der Waals surface area contributed by atoms with Crippen molar-refractivity contribution in [2.45, 2.75) is 18.0 Å². The zero-order valence-corrected chi connectivity index (χ0v) is 22.7. The molecule has 10 heteroatoms. The maximum Gasteiger partial charge on any atom is 0.322 e. The largest absolute Gasteiger partial charge is 0.480 e. The van der Waals surface area contributed by atoms with Gasteiger partial charge in [0.2, 0.25) is 0 Å². The van der Waals surface area contributed by atoms with Gasteiger partial charge in [-0.2, -0.15) is 9.40 Å². The number of nitrogens with zero attached hydrogens (tertiary/aromatic N) is 3. The molecule has 1 aliphatic rings. The number of hydrogen-bond donors (Lipinski definition) is 3. The normalized spacial score (nSPS) is 19.6. The number of carboxylic acid groups (broad SMARTS) is 1. The first-order chi connectivity index (χ1) is 17.9. The maximum absolute atomic E-state index is 13.6. The van der Waals surface area contributed by atoms with Crippen molar-refractivity contribution < 1.29 is 14.1 Å². The van der Waals surface area contributed by atoms with Crippen LogP contribution in [0.3, 0.4) is 0 Å². The van der Waals surface area contributed by atoms with E-state index in [2.05, 4.69) is 33.9 Å². The fourth-order valence-corrected chi connectivity index (χ4v) is 6.33. The molecule has 1 unspecified atom stereocenters. The number of rotatable bonds is 7. The van der Waals surface area contributed by atoms with Gasteiger partial charge in [0.05, 0.1) is 5.69 Å². The summed E-state index contributed by atoms with van der Waals surface area (Å²) in [7, 11) is -1.78. The lowest BCUT2D eigenvalue weighted by atomic mass is 10.1. The molecular formula is C27H23BrN4O3S2. The number of carbonyl (C=O) groups is 1. The van der Waals surface area contributed by atoms with Crippen LogP contribution in [0.15, 0.2) is 101 Å². The summed E-state index contributed by atoms with van der Waals surface area (Å²) in [4.78, 5) is 12.2. The standard InChI is InChI=1S/C27H23BrN4O3S2/c28-21-13-11-19(12-14-21)25-20(17-31(30-25)22-9-5-2-6-10-22)16-24-29-27(36)32(37(24)35)23(26(33)34)15-18-7-3-1-4-8-18/h1-14,16-17,23,27,29,36H,15H2,(H,33,34)/b24-16-/t23-,27-,37?/m0/s1. The molecule has 1 aliphatic heterocycles. The van der Waals surface area contributed by atoms with Gasteiger partial charge in [0.15, 0.2) is 0 Å². The Labute approximate surface area is 231 Å². The zero-order valence-electron chi connectivity index (χ0n) is 19.4. The second-order valence-corrected chi connectivity index (χ2v) is 11.2. The van der Waals surface area contributed by atoms with Crippen LogP contribution in [0.2, 0.25) is 0 Å². The van der Waals surface area contributed by atoms with E-state index in [0.717, 1.165) is 26.9 Å².